The molecule has 0 aliphatic rings. The summed E-state index contributed by atoms with van der Waals surface area (Å²) in [5.41, 5.74) is 3.13. The SMILES string of the molecule is CCc1cccc(Nc2nc(OC)ccc2C)c1OC. The van der Waals surface area contributed by atoms with E-state index in [-0.39, 0.29) is 0 Å². The van der Waals surface area contributed by atoms with Crippen LogP contribution in [0.25, 0.3) is 0 Å². The molecule has 0 aliphatic carbocycles. The molecule has 2 aromatic rings. The third kappa shape index (κ3) is 2.85. The molecule has 20 heavy (non-hydrogen) atoms. The first-order valence-corrected chi connectivity index (χ1v) is 6.64. The van der Waals surface area contributed by atoms with Crippen molar-refractivity contribution < 1.29 is 9.47 Å². The molecular formula is C16H20N2O2. The Morgan fingerprint density at radius 3 is 2.55 bits per heavy atom. The molecule has 0 bridgehead atoms. The number of anilines is 2. The number of ether oxygens (including phenoxy) is 2. The monoisotopic (exact) mass is 272 g/mol. The zero-order valence-electron chi connectivity index (χ0n) is 12.4. The first-order valence-electron chi connectivity index (χ1n) is 6.64. The topological polar surface area (TPSA) is 43.4 Å². The van der Waals surface area contributed by atoms with Crippen LogP contribution in [0.2, 0.25) is 0 Å². The summed E-state index contributed by atoms with van der Waals surface area (Å²) in [6, 6.07) is 9.89. The molecule has 0 amide bonds. The van der Waals surface area contributed by atoms with Crippen molar-refractivity contribution in [3.05, 3.63) is 41.5 Å². The molecule has 0 saturated carbocycles. The fraction of sp³-hybridized carbons (Fsp3) is 0.312. The number of aryl methyl sites for hydroxylation is 2. The van der Waals surface area contributed by atoms with Gasteiger partial charge in [-0.25, -0.2) is 0 Å². The Labute approximate surface area is 119 Å². The van der Waals surface area contributed by atoms with Crippen LogP contribution in [0.5, 0.6) is 11.6 Å². The van der Waals surface area contributed by atoms with E-state index in [4.69, 9.17) is 9.47 Å². The van der Waals surface area contributed by atoms with Crippen LogP contribution in [-0.2, 0) is 6.42 Å². The summed E-state index contributed by atoms with van der Waals surface area (Å²) >= 11 is 0. The minimum atomic E-state index is 0.587. The Kier molecular flexibility index (Phi) is 4.45. The summed E-state index contributed by atoms with van der Waals surface area (Å²) in [7, 11) is 3.30. The molecule has 0 atom stereocenters. The van der Waals surface area contributed by atoms with Crippen molar-refractivity contribution in [2.24, 2.45) is 0 Å². The Bertz CT molecular complexity index is 597. The number of aromatic nitrogens is 1. The van der Waals surface area contributed by atoms with E-state index in [2.05, 4.69) is 23.3 Å². The lowest BCUT2D eigenvalue weighted by molar-refractivity contribution is 0.398. The minimum absolute atomic E-state index is 0.587. The molecule has 0 aliphatic heterocycles. The van der Waals surface area contributed by atoms with Crippen LogP contribution in [0.15, 0.2) is 30.3 Å². The summed E-state index contributed by atoms with van der Waals surface area (Å²) in [5.74, 6) is 2.22. The second kappa shape index (κ2) is 6.28. The zero-order valence-corrected chi connectivity index (χ0v) is 12.4. The molecule has 0 spiro atoms. The van der Waals surface area contributed by atoms with Gasteiger partial charge in [0.1, 0.15) is 11.6 Å². The number of benzene rings is 1. The molecular weight excluding hydrogens is 252 g/mol. The van der Waals surface area contributed by atoms with E-state index in [9.17, 15) is 0 Å². The second-order valence-electron chi connectivity index (χ2n) is 4.50. The van der Waals surface area contributed by atoms with Gasteiger partial charge in [0, 0.05) is 6.07 Å². The lowest BCUT2D eigenvalue weighted by atomic mass is 10.1. The number of rotatable bonds is 5. The predicted molar refractivity (Wildman–Crippen MR) is 81.2 cm³/mol. The highest BCUT2D eigenvalue weighted by Gasteiger charge is 2.10. The second-order valence-corrected chi connectivity index (χ2v) is 4.50. The van der Waals surface area contributed by atoms with Gasteiger partial charge in [0.15, 0.2) is 0 Å². The number of para-hydroxylation sites is 1. The van der Waals surface area contributed by atoms with Crippen LogP contribution in [0, 0.1) is 6.92 Å². The van der Waals surface area contributed by atoms with Crippen LogP contribution in [0.1, 0.15) is 18.1 Å². The average Bonchev–Trinajstić information content (AvgIpc) is 2.49. The van der Waals surface area contributed by atoms with Gasteiger partial charge < -0.3 is 14.8 Å². The third-order valence-corrected chi connectivity index (χ3v) is 3.22. The molecule has 1 heterocycles. The Hall–Kier alpha value is -2.23. The predicted octanol–water partition coefficient (Wildman–Crippen LogP) is 3.71. The minimum Gasteiger partial charge on any atom is -0.494 e. The van der Waals surface area contributed by atoms with Crippen LogP contribution >= 0.6 is 0 Å². The van der Waals surface area contributed by atoms with Gasteiger partial charge in [-0.15, -0.1) is 0 Å². The van der Waals surface area contributed by atoms with Crippen molar-refractivity contribution in [2.75, 3.05) is 19.5 Å². The summed E-state index contributed by atoms with van der Waals surface area (Å²) in [6.45, 7) is 4.11. The van der Waals surface area contributed by atoms with Crippen molar-refractivity contribution in [3.8, 4) is 11.6 Å². The van der Waals surface area contributed by atoms with Gasteiger partial charge in [0.25, 0.3) is 0 Å². The standard InChI is InChI=1S/C16H20N2O2/c1-5-12-7-6-8-13(15(12)20-4)17-16-11(2)9-10-14(18-16)19-3/h6-10H,5H2,1-4H3,(H,17,18). The van der Waals surface area contributed by atoms with Gasteiger partial charge in [-0.05, 0) is 30.5 Å². The third-order valence-electron chi connectivity index (χ3n) is 3.22. The molecule has 4 nitrogen and oxygen atoms in total. The van der Waals surface area contributed by atoms with E-state index in [0.717, 1.165) is 34.8 Å². The van der Waals surface area contributed by atoms with Gasteiger partial charge in [0.2, 0.25) is 5.88 Å². The normalized spacial score (nSPS) is 10.2. The van der Waals surface area contributed by atoms with Crippen molar-refractivity contribution in [1.29, 1.82) is 0 Å². The lowest BCUT2D eigenvalue weighted by Crippen LogP contribution is -2.01. The van der Waals surface area contributed by atoms with Gasteiger partial charge in [-0.2, -0.15) is 4.98 Å². The highest BCUT2D eigenvalue weighted by atomic mass is 16.5. The molecule has 4 heteroatoms. The van der Waals surface area contributed by atoms with E-state index in [1.165, 1.54) is 0 Å². The van der Waals surface area contributed by atoms with Gasteiger partial charge in [-0.3, -0.25) is 0 Å². The molecule has 0 unspecified atom stereocenters. The maximum absolute atomic E-state index is 5.51. The number of hydrogen-bond acceptors (Lipinski definition) is 4. The van der Waals surface area contributed by atoms with E-state index in [0.29, 0.717) is 5.88 Å². The average molecular weight is 272 g/mol. The maximum Gasteiger partial charge on any atom is 0.214 e. The van der Waals surface area contributed by atoms with Crippen molar-refractivity contribution in [2.45, 2.75) is 20.3 Å². The summed E-state index contributed by atoms with van der Waals surface area (Å²) < 4.78 is 10.7. The van der Waals surface area contributed by atoms with Crippen molar-refractivity contribution >= 4 is 11.5 Å². The van der Waals surface area contributed by atoms with E-state index in [1.807, 2.05) is 31.2 Å². The van der Waals surface area contributed by atoms with E-state index in [1.54, 1.807) is 14.2 Å². The summed E-state index contributed by atoms with van der Waals surface area (Å²) in [6.07, 6.45) is 0.920. The van der Waals surface area contributed by atoms with Crippen molar-refractivity contribution in [3.63, 3.8) is 0 Å². The molecule has 0 fully saturated rings. The van der Waals surface area contributed by atoms with Crippen LogP contribution < -0.4 is 14.8 Å². The fourth-order valence-electron chi connectivity index (χ4n) is 2.08. The van der Waals surface area contributed by atoms with E-state index < -0.39 is 0 Å². The number of pyridine rings is 1. The molecule has 1 N–H and O–H groups in total. The molecule has 1 aromatic carbocycles. The fourth-order valence-corrected chi connectivity index (χ4v) is 2.08. The maximum atomic E-state index is 5.51. The molecule has 0 radical (unpaired) electrons. The Balaban J connectivity index is 2.39. The highest BCUT2D eigenvalue weighted by molar-refractivity contribution is 5.68. The quantitative estimate of drug-likeness (QED) is 0.901. The highest BCUT2D eigenvalue weighted by Crippen LogP contribution is 2.32. The Morgan fingerprint density at radius 2 is 1.90 bits per heavy atom. The summed E-state index contributed by atoms with van der Waals surface area (Å²) in [5, 5.41) is 3.33. The number of methoxy groups -OCH3 is 2. The molecule has 2 rings (SSSR count). The molecule has 106 valence electrons. The van der Waals surface area contributed by atoms with Gasteiger partial charge >= 0.3 is 0 Å². The van der Waals surface area contributed by atoms with Crippen LogP contribution in [0.4, 0.5) is 11.5 Å². The first kappa shape index (κ1) is 14.2. The van der Waals surface area contributed by atoms with Crippen molar-refractivity contribution in [1.82, 2.24) is 4.98 Å². The van der Waals surface area contributed by atoms with E-state index >= 15 is 0 Å². The molecule has 1 aromatic heterocycles. The summed E-state index contributed by atoms with van der Waals surface area (Å²) in [4.78, 5) is 4.43. The van der Waals surface area contributed by atoms with Crippen LogP contribution in [-0.4, -0.2) is 19.2 Å². The Morgan fingerprint density at radius 1 is 1.10 bits per heavy atom. The first-order chi connectivity index (χ1) is 9.69. The smallest absolute Gasteiger partial charge is 0.214 e. The van der Waals surface area contributed by atoms with Gasteiger partial charge in [0.05, 0.1) is 19.9 Å². The van der Waals surface area contributed by atoms with Gasteiger partial charge in [-0.1, -0.05) is 25.1 Å². The largest absolute Gasteiger partial charge is 0.494 e. The molecule has 0 saturated heterocycles. The van der Waals surface area contributed by atoms with Crippen LogP contribution in [0.3, 0.4) is 0 Å². The lowest BCUT2D eigenvalue weighted by Gasteiger charge is -2.15. The number of nitrogens with one attached hydrogen (secondary N) is 1. The number of hydrogen-bond donors (Lipinski definition) is 1. The zero-order chi connectivity index (χ0) is 14.5. The number of nitrogens with zero attached hydrogens (tertiary/aromatic N) is 1.